The van der Waals surface area contributed by atoms with Gasteiger partial charge in [0.25, 0.3) is 0 Å². The lowest BCUT2D eigenvalue weighted by Crippen LogP contribution is -2.59. The SMILES string of the molecule is CC(O)C(NC(=O)C(CC(=O)O)NC(=O)C(CO)NC(=O)C(N)Cc1c[nH]c2ccccc12)C(=O)O. The number of aromatic amines is 1. The first-order valence-corrected chi connectivity index (χ1v) is 10.9. The van der Waals surface area contributed by atoms with Crippen LogP contribution in [0, 0.1) is 0 Å². The number of carboxylic acids is 2. The van der Waals surface area contributed by atoms with Gasteiger partial charge in [-0.1, -0.05) is 18.2 Å². The van der Waals surface area contributed by atoms with Gasteiger partial charge in [0.15, 0.2) is 6.04 Å². The van der Waals surface area contributed by atoms with Gasteiger partial charge in [-0.2, -0.15) is 0 Å². The summed E-state index contributed by atoms with van der Waals surface area (Å²) in [6.07, 6.45) is -0.651. The standard InChI is InChI=1S/C22H29N5O9/c1-10(29)18(22(35)36)27-20(33)15(7-17(30)31)25-21(34)16(9-28)26-19(32)13(23)6-11-8-24-14-5-3-2-4-12(11)14/h2-5,8,10,13,15-16,18,24,28-29H,6-7,9,23H2,1H3,(H,25,34)(H,26,32)(H,27,33)(H,30,31)(H,35,36). The zero-order chi connectivity index (χ0) is 27.0. The van der Waals surface area contributed by atoms with Crippen molar-refractivity contribution in [2.24, 2.45) is 5.73 Å². The Labute approximate surface area is 204 Å². The summed E-state index contributed by atoms with van der Waals surface area (Å²) in [5.41, 5.74) is 7.57. The molecular formula is C22H29N5O9. The van der Waals surface area contributed by atoms with Crippen molar-refractivity contribution in [3.63, 3.8) is 0 Å². The predicted octanol–water partition coefficient (Wildman–Crippen LogP) is -2.58. The van der Waals surface area contributed by atoms with E-state index in [-0.39, 0.29) is 6.42 Å². The van der Waals surface area contributed by atoms with Gasteiger partial charge in [-0.05, 0) is 25.0 Å². The van der Waals surface area contributed by atoms with E-state index in [0.29, 0.717) is 0 Å². The van der Waals surface area contributed by atoms with Crippen LogP contribution in [0.3, 0.4) is 0 Å². The van der Waals surface area contributed by atoms with Gasteiger partial charge < -0.3 is 47.1 Å². The topological polar surface area (TPSA) is 244 Å². The van der Waals surface area contributed by atoms with E-state index in [0.717, 1.165) is 23.4 Å². The van der Waals surface area contributed by atoms with Crippen molar-refractivity contribution in [3.8, 4) is 0 Å². The number of aliphatic hydroxyl groups excluding tert-OH is 2. The number of aliphatic hydroxyl groups is 2. The van der Waals surface area contributed by atoms with Crippen molar-refractivity contribution < 1.29 is 44.4 Å². The fourth-order valence-electron chi connectivity index (χ4n) is 3.40. The van der Waals surface area contributed by atoms with E-state index in [2.05, 4.69) is 15.6 Å². The molecule has 3 amide bonds. The fourth-order valence-corrected chi connectivity index (χ4v) is 3.40. The molecule has 1 heterocycles. The van der Waals surface area contributed by atoms with Gasteiger partial charge in [-0.15, -0.1) is 0 Å². The summed E-state index contributed by atoms with van der Waals surface area (Å²) in [5.74, 6) is -6.16. The quantitative estimate of drug-likeness (QED) is 0.137. The minimum atomic E-state index is -1.76. The number of nitrogens with one attached hydrogen (secondary N) is 4. The molecule has 10 N–H and O–H groups in total. The molecule has 0 aliphatic rings. The molecule has 0 bridgehead atoms. The van der Waals surface area contributed by atoms with E-state index in [4.69, 9.17) is 15.9 Å². The van der Waals surface area contributed by atoms with Crippen LogP contribution in [0.2, 0.25) is 0 Å². The monoisotopic (exact) mass is 507 g/mol. The van der Waals surface area contributed by atoms with Crippen LogP contribution in [0.5, 0.6) is 0 Å². The molecule has 1 aromatic carbocycles. The van der Waals surface area contributed by atoms with Crippen LogP contribution in [0.15, 0.2) is 30.5 Å². The Morgan fingerprint density at radius 2 is 1.58 bits per heavy atom. The predicted molar refractivity (Wildman–Crippen MR) is 124 cm³/mol. The second-order valence-electron chi connectivity index (χ2n) is 8.14. The molecule has 196 valence electrons. The average molecular weight is 508 g/mol. The molecule has 0 aliphatic carbocycles. The number of hydrogen-bond acceptors (Lipinski definition) is 8. The summed E-state index contributed by atoms with van der Waals surface area (Å²) in [6, 6.07) is 1.14. The highest BCUT2D eigenvalue weighted by atomic mass is 16.4. The third-order valence-electron chi connectivity index (χ3n) is 5.33. The minimum absolute atomic E-state index is 0.107. The van der Waals surface area contributed by atoms with Crippen molar-refractivity contribution in [2.75, 3.05) is 6.61 Å². The number of amides is 3. The van der Waals surface area contributed by atoms with Crippen molar-refractivity contribution in [3.05, 3.63) is 36.0 Å². The van der Waals surface area contributed by atoms with E-state index < -0.39 is 73.0 Å². The van der Waals surface area contributed by atoms with Gasteiger partial charge in [0.1, 0.15) is 12.1 Å². The van der Waals surface area contributed by atoms with Gasteiger partial charge in [-0.25, -0.2) is 4.79 Å². The molecule has 0 fully saturated rings. The Hall–Kier alpha value is -4.01. The first-order chi connectivity index (χ1) is 16.9. The van der Waals surface area contributed by atoms with Crippen molar-refractivity contribution >= 4 is 40.6 Å². The van der Waals surface area contributed by atoms with Crippen LogP contribution >= 0.6 is 0 Å². The van der Waals surface area contributed by atoms with E-state index >= 15 is 0 Å². The van der Waals surface area contributed by atoms with Crippen LogP contribution in [-0.4, -0.2) is 91.9 Å². The number of carboxylic acid groups (broad SMARTS) is 2. The lowest BCUT2D eigenvalue weighted by molar-refractivity contribution is -0.146. The van der Waals surface area contributed by atoms with Crippen LogP contribution in [-0.2, 0) is 30.4 Å². The molecule has 0 spiro atoms. The Kier molecular flexibility index (Phi) is 9.90. The summed E-state index contributed by atoms with van der Waals surface area (Å²) < 4.78 is 0. The van der Waals surface area contributed by atoms with E-state index in [1.807, 2.05) is 29.6 Å². The molecule has 14 heteroatoms. The highest BCUT2D eigenvalue weighted by Gasteiger charge is 2.33. The molecular weight excluding hydrogens is 478 g/mol. The second-order valence-corrected chi connectivity index (χ2v) is 8.14. The minimum Gasteiger partial charge on any atom is -0.481 e. The maximum absolute atomic E-state index is 12.6. The van der Waals surface area contributed by atoms with E-state index in [1.165, 1.54) is 0 Å². The highest BCUT2D eigenvalue weighted by Crippen LogP contribution is 2.18. The van der Waals surface area contributed by atoms with Crippen LogP contribution < -0.4 is 21.7 Å². The number of rotatable bonds is 13. The maximum atomic E-state index is 12.6. The number of H-pyrrole nitrogens is 1. The Morgan fingerprint density at radius 1 is 0.972 bits per heavy atom. The number of hydrogen-bond donors (Lipinski definition) is 9. The number of aliphatic carboxylic acids is 2. The number of aromatic nitrogens is 1. The van der Waals surface area contributed by atoms with Gasteiger partial charge in [0.2, 0.25) is 17.7 Å². The number of benzene rings is 1. The molecule has 0 radical (unpaired) electrons. The first kappa shape index (κ1) is 28.2. The van der Waals surface area contributed by atoms with Crippen molar-refractivity contribution in [2.45, 2.75) is 50.0 Å². The Bertz CT molecular complexity index is 1120. The largest absolute Gasteiger partial charge is 0.481 e. The van der Waals surface area contributed by atoms with E-state index in [9.17, 15) is 34.2 Å². The molecule has 0 aliphatic heterocycles. The first-order valence-electron chi connectivity index (χ1n) is 10.9. The molecule has 0 saturated carbocycles. The van der Waals surface area contributed by atoms with Gasteiger partial charge in [-0.3, -0.25) is 19.2 Å². The number of carbonyl (C=O) groups is 5. The zero-order valence-electron chi connectivity index (χ0n) is 19.3. The molecule has 1 aromatic heterocycles. The zero-order valence-corrected chi connectivity index (χ0v) is 19.3. The lowest BCUT2D eigenvalue weighted by atomic mass is 10.0. The third-order valence-corrected chi connectivity index (χ3v) is 5.33. The van der Waals surface area contributed by atoms with Crippen LogP contribution in [0.4, 0.5) is 0 Å². The Balaban J connectivity index is 2.05. The molecule has 0 saturated heterocycles. The summed E-state index contributed by atoms with van der Waals surface area (Å²) in [5, 5.41) is 44.4. The Morgan fingerprint density at radius 3 is 2.17 bits per heavy atom. The van der Waals surface area contributed by atoms with Crippen LogP contribution in [0.1, 0.15) is 18.9 Å². The summed E-state index contributed by atoms with van der Waals surface area (Å²) >= 11 is 0. The van der Waals surface area contributed by atoms with Gasteiger partial charge in [0.05, 0.1) is 25.2 Å². The number of fused-ring (bicyclic) bond motifs is 1. The molecule has 5 atom stereocenters. The molecule has 14 nitrogen and oxygen atoms in total. The van der Waals surface area contributed by atoms with Gasteiger partial charge >= 0.3 is 11.9 Å². The molecule has 2 aromatic rings. The molecule has 5 unspecified atom stereocenters. The van der Waals surface area contributed by atoms with Crippen LogP contribution in [0.25, 0.3) is 10.9 Å². The number of para-hydroxylation sites is 1. The van der Waals surface area contributed by atoms with E-state index in [1.54, 1.807) is 6.20 Å². The smallest absolute Gasteiger partial charge is 0.328 e. The highest BCUT2D eigenvalue weighted by molar-refractivity contribution is 5.96. The summed E-state index contributed by atoms with van der Waals surface area (Å²) in [4.78, 5) is 63.0. The fraction of sp³-hybridized carbons (Fsp3) is 0.409. The third kappa shape index (κ3) is 7.49. The summed E-state index contributed by atoms with van der Waals surface area (Å²) in [6.45, 7) is 0.199. The maximum Gasteiger partial charge on any atom is 0.328 e. The van der Waals surface area contributed by atoms with Crippen molar-refractivity contribution in [1.29, 1.82) is 0 Å². The number of carbonyl (C=O) groups excluding carboxylic acids is 3. The second kappa shape index (κ2) is 12.6. The average Bonchev–Trinajstić information content (AvgIpc) is 3.22. The summed E-state index contributed by atoms with van der Waals surface area (Å²) in [7, 11) is 0. The van der Waals surface area contributed by atoms with Crippen molar-refractivity contribution in [1.82, 2.24) is 20.9 Å². The van der Waals surface area contributed by atoms with Gasteiger partial charge in [0, 0.05) is 17.1 Å². The molecule has 36 heavy (non-hydrogen) atoms. The molecule has 2 rings (SSSR count). The lowest BCUT2D eigenvalue weighted by Gasteiger charge is -2.24. The number of nitrogens with two attached hydrogens (primary N) is 1. The normalized spacial score (nSPS) is 15.2.